The monoisotopic (exact) mass is 239 g/mol. The van der Waals surface area contributed by atoms with Crippen LogP contribution < -0.4 is 11.1 Å². The zero-order valence-corrected chi connectivity index (χ0v) is 10.3. The van der Waals surface area contributed by atoms with Gasteiger partial charge in [0, 0.05) is 6.04 Å². The second-order valence-electron chi connectivity index (χ2n) is 5.37. The van der Waals surface area contributed by atoms with Gasteiger partial charge in [0.05, 0.1) is 0 Å². The summed E-state index contributed by atoms with van der Waals surface area (Å²) in [6.45, 7) is 2.03. The van der Waals surface area contributed by atoms with Gasteiger partial charge in [-0.1, -0.05) is 18.0 Å². The molecule has 0 saturated heterocycles. The van der Waals surface area contributed by atoms with Crippen molar-refractivity contribution in [2.45, 2.75) is 51.5 Å². The van der Waals surface area contributed by atoms with Crippen molar-refractivity contribution in [3.05, 3.63) is 0 Å². The van der Waals surface area contributed by atoms with E-state index in [0.29, 0.717) is 18.8 Å². The van der Waals surface area contributed by atoms with Crippen molar-refractivity contribution in [1.29, 1.82) is 0 Å². The predicted molar refractivity (Wildman–Crippen MR) is 64.6 cm³/mol. The highest BCUT2D eigenvalue weighted by Crippen LogP contribution is 2.39. The molecule has 0 aromatic rings. The van der Waals surface area contributed by atoms with Gasteiger partial charge in [0.2, 0.25) is 5.91 Å². The molecule has 0 heterocycles. The van der Waals surface area contributed by atoms with Crippen LogP contribution in [0.3, 0.4) is 0 Å². The summed E-state index contributed by atoms with van der Waals surface area (Å²) in [4.78, 5) is 12.3. The molecule has 1 unspecified atom stereocenters. The molecule has 0 aliphatic heterocycles. The minimum atomic E-state index is -0.766. The molecule has 2 aliphatic carbocycles. The highest BCUT2D eigenvalue weighted by molar-refractivity contribution is 6.07. The number of hydrogen-bond donors (Lipinski definition) is 3. The van der Waals surface area contributed by atoms with E-state index in [0.717, 1.165) is 12.8 Å². The summed E-state index contributed by atoms with van der Waals surface area (Å²) in [6.07, 6.45) is 5.68. The predicted octanol–water partition coefficient (Wildman–Crippen LogP) is 1.21. The maximum absolute atomic E-state index is 12.3. The van der Waals surface area contributed by atoms with Crippen LogP contribution in [-0.4, -0.2) is 23.0 Å². The Hall–Kier alpha value is -1.26. The normalized spacial score (nSPS) is 25.6. The molecule has 96 valence electrons. The van der Waals surface area contributed by atoms with Gasteiger partial charge in [-0.05, 0) is 38.5 Å². The average Bonchev–Trinajstić information content (AvgIpc) is 3.06. The maximum atomic E-state index is 12.3. The second-order valence-corrected chi connectivity index (χ2v) is 5.37. The Kier molecular flexibility index (Phi) is 3.26. The first-order chi connectivity index (χ1) is 8.10. The van der Waals surface area contributed by atoms with E-state index in [-0.39, 0.29) is 17.8 Å². The molecule has 5 nitrogen and oxygen atoms in total. The smallest absolute Gasteiger partial charge is 0.234 e. The lowest BCUT2D eigenvalue weighted by molar-refractivity contribution is -0.128. The molecular formula is C12H21N3O2. The Bertz CT molecular complexity index is 331. The first-order valence-corrected chi connectivity index (χ1v) is 6.39. The standard InChI is InChI=1S/C12H21N3O2/c1-8(9-4-5-9)14-11(16)12(10(13)15-17)6-2-3-7-12/h8-9,17H,2-7H2,1H3,(H2,13,15)(H,14,16). The number of carbonyl (C=O) groups excluding carboxylic acids is 1. The molecule has 2 saturated carbocycles. The summed E-state index contributed by atoms with van der Waals surface area (Å²) in [5.41, 5.74) is 4.95. The van der Waals surface area contributed by atoms with Gasteiger partial charge in [0.15, 0.2) is 5.84 Å². The van der Waals surface area contributed by atoms with E-state index < -0.39 is 5.41 Å². The number of carbonyl (C=O) groups is 1. The fraction of sp³-hybridized carbons (Fsp3) is 0.833. The summed E-state index contributed by atoms with van der Waals surface area (Å²) in [5, 5.41) is 14.9. The molecule has 4 N–H and O–H groups in total. The lowest BCUT2D eigenvalue weighted by atomic mass is 9.83. The number of amides is 1. The minimum absolute atomic E-state index is 0.0651. The van der Waals surface area contributed by atoms with E-state index in [1.54, 1.807) is 0 Å². The highest BCUT2D eigenvalue weighted by atomic mass is 16.4. The largest absolute Gasteiger partial charge is 0.409 e. The first kappa shape index (κ1) is 12.2. The van der Waals surface area contributed by atoms with Crippen molar-refractivity contribution in [3.63, 3.8) is 0 Å². The van der Waals surface area contributed by atoms with Crippen molar-refractivity contribution in [2.24, 2.45) is 22.2 Å². The fourth-order valence-corrected chi connectivity index (χ4v) is 2.73. The summed E-state index contributed by atoms with van der Waals surface area (Å²) < 4.78 is 0. The second kappa shape index (κ2) is 4.55. The van der Waals surface area contributed by atoms with Gasteiger partial charge >= 0.3 is 0 Å². The van der Waals surface area contributed by atoms with Crippen LogP contribution in [0.15, 0.2) is 5.16 Å². The number of nitrogens with one attached hydrogen (secondary N) is 1. The van der Waals surface area contributed by atoms with Crippen molar-refractivity contribution in [1.82, 2.24) is 5.32 Å². The van der Waals surface area contributed by atoms with Crippen LogP contribution in [0, 0.1) is 11.3 Å². The van der Waals surface area contributed by atoms with E-state index in [1.807, 2.05) is 6.92 Å². The van der Waals surface area contributed by atoms with Crippen LogP contribution in [0.2, 0.25) is 0 Å². The van der Waals surface area contributed by atoms with Gasteiger partial charge in [0.25, 0.3) is 0 Å². The van der Waals surface area contributed by atoms with Crippen molar-refractivity contribution in [3.8, 4) is 0 Å². The first-order valence-electron chi connectivity index (χ1n) is 6.39. The van der Waals surface area contributed by atoms with Gasteiger partial charge in [-0.2, -0.15) is 0 Å². The van der Waals surface area contributed by atoms with Gasteiger partial charge in [-0.3, -0.25) is 4.79 Å². The van der Waals surface area contributed by atoms with E-state index in [9.17, 15) is 4.79 Å². The van der Waals surface area contributed by atoms with E-state index in [4.69, 9.17) is 10.9 Å². The molecule has 5 heteroatoms. The molecule has 17 heavy (non-hydrogen) atoms. The number of rotatable bonds is 4. The van der Waals surface area contributed by atoms with E-state index in [2.05, 4.69) is 10.5 Å². The van der Waals surface area contributed by atoms with E-state index >= 15 is 0 Å². The molecule has 1 atom stereocenters. The van der Waals surface area contributed by atoms with Crippen LogP contribution >= 0.6 is 0 Å². The highest BCUT2D eigenvalue weighted by Gasteiger charge is 2.46. The van der Waals surface area contributed by atoms with Gasteiger partial charge in [-0.25, -0.2) is 0 Å². The third-order valence-corrected chi connectivity index (χ3v) is 4.18. The quantitative estimate of drug-likeness (QED) is 0.298. The number of amidine groups is 1. The molecule has 0 radical (unpaired) electrons. The third kappa shape index (κ3) is 2.23. The van der Waals surface area contributed by atoms with Gasteiger partial charge in [-0.15, -0.1) is 0 Å². The summed E-state index contributed by atoms with van der Waals surface area (Å²) in [7, 11) is 0. The molecule has 0 spiro atoms. The Morgan fingerprint density at radius 2 is 2.06 bits per heavy atom. The summed E-state index contributed by atoms with van der Waals surface area (Å²) in [6, 6.07) is 0.200. The Balaban J connectivity index is 2.07. The van der Waals surface area contributed by atoms with Crippen molar-refractivity contribution >= 4 is 11.7 Å². The lowest BCUT2D eigenvalue weighted by Crippen LogP contribution is -2.50. The van der Waals surface area contributed by atoms with E-state index in [1.165, 1.54) is 12.8 Å². The number of hydrogen-bond acceptors (Lipinski definition) is 3. The Morgan fingerprint density at radius 1 is 1.47 bits per heavy atom. The summed E-state index contributed by atoms with van der Waals surface area (Å²) in [5.74, 6) is 0.616. The van der Waals surface area contributed by atoms with Crippen LogP contribution in [0.25, 0.3) is 0 Å². The minimum Gasteiger partial charge on any atom is -0.409 e. The molecular weight excluding hydrogens is 218 g/mol. The SMILES string of the molecule is CC(NC(=O)C1(C(N)=NO)CCCC1)C1CC1. The van der Waals surface area contributed by atoms with Gasteiger partial charge < -0.3 is 16.3 Å². The lowest BCUT2D eigenvalue weighted by Gasteiger charge is -2.28. The molecule has 1 amide bonds. The van der Waals surface area contributed by atoms with Crippen LogP contribution in [0.1, 0.15) is 45.4 Å². The van der Waals surface area contributed by atoms with Gasteiger partial charge in [0.1, 0.15) is 5.41 Å². The maximum Gasteiger partial charge on any atom is 0.234 e. The summed E-state index contributed by atoms with van der Waals surface area (Å²) >= 11 is 0. The van der Waals surface area contributed by atoms with Crippen molar-refractivity contribution in [2.75, 3.05) is 0 Å². The Morgan fingerprint density at radius 3 is 2.53 bits per heavy atom. The number of nitrogens with zero attached hydrogens (tertiary/aromatic N) is 1. The molecule has 2 aliphatic rings. The van der Waals surface area contributed by atoms with Crippen LogP contribution in [0.5, 0.6) is 0 Å². The third-order valence-electron chi connectivity index (χ3n) is 4.18. The average molecular weight is 239 g/mol. The zero-order chi connectivity index (χ0) is 12.5. The molecule has 2 fully saturated rings. The fourth-order valence-electron chi connectivity index (χ4n) is 2.73. The molecule has 0 aromatic heterocycles. The van der Waals surface area contributed by atoms with Crippen molar-refractivity contribution < 1.29 is 10.0 Å². The van der Waals surface area contributed by atoms with Crippen LogP contribution in [0.4, 0.5) is 0 Å². The number of oxime groups is 1. The Labute approximate surface area is 101 Å². The topological polar surface area (TPSA) is 87.7 Å². The molecule has 0 bridgehead atoms. The zero-order valence-electron chi connectivity index (χ0n) is 10.3. The number of nitrogens with two attached hydrogens (primary N) is 1. The van der Waals surface area contributed by atoms with Crippen LogP contribution in [-0.2, 0) is 4.79 Å². The molecule has 0 aromatic carbocycles. The molecule has 2 rings (SSSR count).